The molecule has 2 aromatic carbocycles. The molecule has 2 saturated heterocycles. The van der Waals surface area contributed by atoms with Gasteiger partial charge in [0.1, 0.15) is 0 Å². The van der Waals surface area contributed by atoms with Crippen molar-refractivity contribution in [1.29, 1.82) is 0 Å². The second kappa shape index (κ2) is 10.5. The lowest BCUT2D eigenvalue weighted by Crippen LogP contribution is -2.46. The van der Waals surface area contributed by atoms with Crippen LogP contribution in [0.4, 0.5) is 5.95 Å². The highest BCUT2D eigenvalue weighted by atomic mass is 35.5. The number of carbonyl (C=O) groups is 1. The molecule has 1 aromatic heterocycles. The minimum atomic E-state index is 0.180. The van der Waals surface area contributed by atoms with Crippen molar-refractivity contribution < 1.29 is 4.79 Å². The number of anilines is 1. The summed E-state index contributed by atoms with van der Waals surface area (Å²) < 4.78 is 0. The third-order valence-electron chi connectivity index (χ3n) is 6.82. The van der Waals surface area contributed by atoms with Gasteiger partial charge in [0.2, 0.25) is 11.9 Å². The Hall–Kier alpha value is -2.96. The number of hydrogen-bond acceptors (Lipinski definition) is 5. The van der Waals surface area contributed by atoms with Crippen LogP contribution < -0.4 is 10.6 Å². The van der Waals surface area contributed by atoms with E-state index in [-0.39, 0.29) is 12.0 Å². The van der Waals surface area contributed by atoms with Crippen LogP contribution in [-0.2, 0) is 4.79 Å². The molecule has 0 spiro atoms. The lowest BCUT2D eigenvalue weighted by Gasteiger charge is -2.35. The number of likely N-dealkylation sites (tertiary alicyclic amines) is 1. The highest BCUT2D eigenvalue weighted by Gasteiger charge is 2.29. The van der Waals surface area contributed by atoms with Crippen LogP contribution >= 0.6 is 11.6 Å². The van der Waals surface area contributed by atoms with Crippen molar-refractivity contribution in [3.8, 4) is 22.4 Å². The molecule has 0 aliphatic carbocycles. The van der Waals surface area contributed by atoms with Gasteiger partial charge in [0.15, 0.2) is 0 Å². The van der Waals surface area contributed by atoms with E-state index in [0.717, 1.165) is 74.2 Å². The summed E-state index contributed by atoms with van der Waals surface area (Å²) in [7, 11) is 0. The minimum absolute atomic E-state index is 0.180. The van der Waals surface area contributed by atoms with Gasteiger partial charge in [0.25, 0.3) is 0 Å². The molecule has 3 aromatic rings. The summed E-state index contributed by atoms with van der Waals surface area (Å²) in [5, 5.41) is 7.34. The number of piperidine rings is 2. The smallest absolute Gasteiger partial charge is 0.225 e. The number of rotatable bonds is 5. The topological polar surface area (TPSA) is 70.2 Å². The van der Waals surface area contributed by atoms with Crippen LogP contribution in [0, 0.1) is 5.92 Å². The maximum absolute atomic E-state index is 12.8. The second-order valence-electron chi connectivity index (χ2n) is 9.11. The SMILES string of the molecule is O=C(C1CCNCC1)N1CCC(Nc2ncc(Cl)c(-c3cccc(-c4ccccc4)c3)n2)CC1. The van der Waals surface area contributed by atoms with Gasteiger partial charge in [-0.25, -0.2) is 9.97 Å². The van der Waals surface area contributed by atoms with Gasteiger partial charge in [-0.05, 0) is 56.0 Å². The van der Waals surface area contributed by atoms with E-state index in [2.05, 4.69) is 39.9 Å². The molecule has 0 bridgehead atoms. The molecule has 6 nitrogen and oxygen atoms in total. The Morgan fingerprint density at radius 2 is 1.65 bits per heavy atom. The van der Waals surface area contributed by atoms with Gasteiger partial charge in [-0.1, -0.05) is 60.1 Å². The quantitative estimate of drug-likeness (QED) is 0.551. The van der Waals surface area contributed by atoms with Crippen molar-refractivity contribution in [3.63, 3.8) is 0 Å². The van der Waals surface area contributed by atoms with E-state index in [1.807, 2.05) is 35.2 Å². The van der Waals surface area contributed by atoms with Crippen molar-refractivity contribution >= 4 is 23.5 Å². The van der Waals surface area contributed by atoms with Crippen LogP contribution in [-0.4, -0.2) is 53.0 Å². The predicted molar refractivity (Wildman–Crippen MR) is 137 cm³/mol. The lowest BCUT2D eigenvalue weighted by atomic mass is 9.95. The standard InChI is InChI=1S/C27H30ClN5O/c28-24-18-30-27(31-23-11-15-33(16-12-23)26(34)20-9-13-29-14-10-20)32-25(24)22-8-4-7-21(17-22)19-5-2-1-3-6-19/h1-8,17-18,20,23,29H,9-16H2,(H,30,31,32). The van der Waals surface area contributed by atoms with E-state index in [0.29, 0.717) is 16.9 Å². The first-order valence-corrected chi connectivity index (χ1v) is 12.5. The van der Waals surface area contributed by atoms with Crippen molar-refractivity contribution in [2.45, 2.75) is 31.7 Å². The Labute approximate surface area is 205 Å². The summed E-state index contributed by atoms with van der Waals surface area (Å²) in [5.74, 6) is 1.08. The Morgan fingerprint density at radius 3 is 2.41 bits per heavy atom. The van der Waals surface area contributed by atoms with E-state index in [1.54, 1.807) is 6.20 Å². The van der Waals surface area contributed by atoms with Crippen LogP contribution in [0.5, 0.6) is 0 Å². The van der Waals surface area contributed by atoms with E-state index >= 15 is 0 Å². The van der Waals surface area contributed by atoms with E-state index < -0.39 is 0 Å². The molecule has 7 heteroatoms. The molecule has 0 atom stereocenters. The fourth-order valence-corrected chi connectivity index (χ4v) is 5.07. The van der Waals surface area contributed by atoms with E-state index in [1.165, 1.54) is 0 Å². The van der Waals surface area contributed by atoms with Gasteiger partial charge in [-0.3, -0.25) is 4.79 Å². The third kappa shape index (κ3) is 5.24. The molecule has 0 unspecified atom stereocenters. The molecule has 2 fully saturated rings. The Kier molecular flexibility index (Phi) is 7.07. The number of halogens is 1. The molecule has 0 saturated carbocycles. The molecule has 2 aliphatic rings. The first kappa shape index (κ1) is 22.8. The summed E-state index contributed by atoms with van der Waals surface area (Å²) in [6.45, 7) is 3.44. The summed E-state index contributed by atoms with van der Waals surface area (Å²) >= 11 is 6.50. The Morgan fingerprint density at radius 1 is 0.941 bits per heavy atom. The second-order valence-corrected chi connectivity index (χ2v) is 9.51. The highest BCUT2D eigenvalue weighted by molar-refractivity contribution is 6.32. The summed E-state index contributed by atoms with van der Waals surface area (Å²) in [6, 6.07) is 18.8. The summed E-state index contributed by atoms with van der Waals surface area (Å²) in [5.41, 5.74) is 3.95. The number of amides is 1. The first-order chi connectivity index (χ1) is 16.7. The lowest BCUT2D eigenvalue weighted by molar-refractivity contribution is -0.137. The van der Waals surface area contributed by atoms with Gasteiger partial charge in [0, 0.05) is 30.6 Å². The predicted octanol–water partition coefficient (Wildman–Crippen LogP) is 4.87. The average Bonchev–Trinajstić information content (AvgIpc) is 2.91. The third-order valence-corrected chi connectivity index (χ3v) is 7.09. The number of nitrogens with one attached hydrogen (secondary N) is 2. The zero-order chi connectivity index (χ0) is 23.3. The van der Waals surface area contributed by atoms with Crippen molar-refractivity contribution in [1.82, 2.24) is 20.2 Å². The number of carbonyl (C=O) groups excluding carboxylic acids is 1. The molecule has 3 heterocycles. The largest absolute Gasteiger partial charge is 0.351 e. The zero-order valence-electron chi connectivity index (χ0n) is 19.2. The fraction of sp³-hybridized carbons (Fsp3) is 0.370. The Bertz CT molecular complexity index is 1120. The van der Waals surface area contributed by atoms with E-state index in [9.17, 15) is 4.79 Å². The summed E-state index contributed by atoms with van der Waals surface area (Å²) in [6.07, 6.45) is 5.34. The normalized spacial score (nSPS) is 17.5. The fourth-order valence-electron chi connectivity index (χ4n) is 4.87. The molecule has 176 valence electrons. The number of hydrogen-bond donors (Lipinski definition) is 2. The molecule has 0 radical (unpaired) electrons. The maximum Gasteiger partial charge on any atom is 0.225 e. The number of benzene rings is 2. The van der Waals surface area contributed by atoms with Gasteiger partial charge < -0.3 is 15.5 Å². The molecular weight excluding hydrogens is 446 g/mol. The van der Waals surface area contributed by atoms with Crippen LogP contribution in [0.3, 0.4) is 0 Å². The van der Waals surface area contributed by atoms with Crippen LogP contribution in [0.2, 0.25) is 5.02 Å². The van der Waals surface area contributed by atoms with Crippen LogP contribution in [0.1, 0.15) is 25.7 Å². The number of nitrogens with zero attached hydrogens (tertiary/aromatic N) is 3. The minimum Gasteiger partial charge on any atom is -0.351 e. The van der Waals surface area contributed by atoms with Gasteiger partial charge >= 0.3 is 0 Å². The highest BCUT2D eigenvalue weighted by Crippen LogP contribution is 2.30. The van der Waals surface area contributed by atoms with E-state index in [4.69, 9.17) is 16.6 Å². The summed E-state index contributed by atoms with van der Waals surface area (Å²) in [4.78, 5) is 24.0. The maximum atomic E-state index is 12.8. The van der Waals surface area contributed by atoms with Gasteiger partial charge in [-0.15, -0.1) is 0 Å². The molecular formula is C27H30ClN5O. The average molecular weight is 476 g/mol. The van der Waals surface area contributed by atoms with Gasteiger partial charge in [0.05, 0.1) is 16.9 Å². The van der Waals surface area contributed by atoms with Crippen molar-refractivity contribution in [2.75, 3.05) is 31.5 Å². The molecule has 1 amide bonds. The van der Waals surface area contributed by atoms with Crippen LogP contribution in [0.25, 0.3) is 22.4 Å². The van der Waals surface area contributed by atoms with Crippen molar-refractivity contribution in [3.05, 3.63) is 65.8 Å². The first-order valence-electron chi connectivity index (χ1n) is 12.1. The molecule has 2 N–H and O–H groups in total. The van der Waals surface area contributed by atoms with Crippen LogP contribution in [0.15, 0.2) is 60.8 Å². The Balaban J connectivity index is 1.25. The monoisotopic (exact) mass is 475 g/mol. The molecule has 34 heavy (non-hydrogen) atoms. The van der Waals surface area contributed by atoms with Crippen molar-refractivity contribution in [2.24, 2.45) is 5.92 Å². The zero-order valence-corrected chi connectivity index (χ0v) is 20.0. The van der Waals surface area contributed by atoms with Gasteiger partial charge in [-0.2, -0.15) is 0 Å². The number of aromatic nitrogens is 2. The molecule has 2 aliphatic heterocycles. The molecule has 5 rings (SSSR count).